The number of nitrogens with zero attached hydrogens (tertiary/aromatic N) is 6. The van der Waals surface area contributed by atoms with Gasteiger partial charge in [-0.15, -0.1) is 10.2 Å². The van der Waals surface area contributed by atoms with Gasteiger partial charge in [-0.3, -0.25) is 0 Å². The maximum absolute atomic E-state index is 12.9. The first-order valence-electron chi connectivity index (χ1n) is 9.81. The number of tetrazole rings is 1. The van der Waals surface area contributed by atoms with E-state index in [4.69, 9.17) is 4.74 Å². The van der Waals surface area contributed by atoms with Crippen LogP contribution < -0.4 is 5.32 Å². The number of carbonyl (C=O) groups is 1. The molecule has 2 aromatic heterocycles. The first kappa shape index (κ1) is 21.1. The molecule has 5 rings (SSSR count). The Morgan fingerprint density at radius 2 is 2.03 bits per heavy atom. The molecule has 0 fully saturated rings. The summed E-state index contributed by atoms with van der Waals surface area (Å²) in [5.41, 5.74) is 2.59. The van der Waals surface area contributed by atoms with E-state index in [9.17, 15) is 9.90 Å². The van der Waals surface area contributed by atoms with Crippen molar-refractivity contribution in [1.82, 2.24) is 30.4 Å². The summed E-state index contributed by atoms with van der Waals surface area (Å²) in [7, 11) is 1.33. The zero-order valence-electron chi connectivity index (χ0n) is 17.2. The summed E-state index contributed by atoms with van der Waals surface area (Å²) in [6.45, 7) is 0. The lowest BCUT2D eigenvalue weighted by Gasteiger charge is -2.28. The number of hydrogen-bond acceptors (Lipinski definition) is 11. The van der Waals surface area contributed by atoms with Gasteiger partial charge >= 0.3 is 5.97 Å². The van der Waals surface area contributed by atoms with Gasteiger partial charge in [0.15, 0.2) is 4.34 Å². The second-order valence-corrected chi connectivity index (χ2v) is 9.18. The first-order valence-corrected chi connectivity index (χ1v) is 11.6. The lowest BCUT2D eigenvalue weighted by molar-refractivity contribution is -0.136. The molecule has 33 heavy (non-hydrogen) atoms. The highest BCUT2D eigenvalue weighted by Crippen LogP contribution is 2.38. The molecule has 0 amide bonds. The predicted molar refractivity (Wildman–Crippen MR) is 123 cm³/mol. The molecular formula is C21H17N7O3S2. The van der Waals surface area contributed by atoms with Crippen molar-refractivity contribution in [2.75, 3.05) is 18.2 Å². The summed E-state index contributed by atoms with van der Waals surface area (Å²) in [4.78, 5) is 12.9. The lowest BCUT2D eigenvalue weighted by atomic mass is 9.95. The molecule has 166 valence electrons. The molecule has 0 spiro atoms. The number of methoxy groups -OCH3 is 1. The summed E-state index contributed by atoms with van der Waals surface area (Å²) in [5.74, 6) is 0.322. The van der Waals surface area contributed by atoms with Crippen LogP contribution in [-0.4, -0.2) is 54.3 Å². The van der Waals surface area contributed by atoms with E-state index in [1.54, 1.807) is 24.3 Å². The molecule has 1 aliphatic heterocycles. The minimum absolute atomic E-state index is 0.0723. The van der Waals surface area contributed by atoms with E-state index in [1.165, 1.54) is 34.9 Å². The molecule has 4 aromatic rings. The topological polar surface area (TPSA) is 128 Å². The molecule has 12 heteroatoms. The van der Waals surface area contributed by atoms with Gasteiger partial charge in [0.25, 0.3) is 0 Å². The lowest BCUT2D eigenvalue weighted by Crippen LogP contribution is -2.30. The average Bonchev–Trinajstić information content (AvgIpc) is 3.51. The van der Waals surface area contributed by atoms with Gasteiger partial charge in [0.05, 0.1) is 12.7 Å². The molecule has 3 heterocycles. The molecule has 1 aliphatic rings. The van der Waals surface area contributed by atoms with E-state index in [0.29, 0.717) is 28.5 Å². The molecule has 2 aromatic carbocycles. The highest BCUT2D eigenvalue weighted by molar-refractivity contribution is 8.01. The normalized spacial score (nSPS) is 15.1. The number of rotatable bonds is 6. The Bertz CT molecular complexity index is 1340. The van der Waals surface area contributed by atoms with Crippen molar-refractivity contribution in [3.8, 4) is 16.3 Å². The van der Waals surface area contributed by atoms with Gasteiger partial charge < -0.3 is 15.2 Å². The molecule has 0 bridgehead atoms. The van der Waals surface area contributed by atoms with Crippen LogP contribution in [0.1, 0.15) is 11.6 Å². The van der Waals surface area contributed by atoms with E-state index in [1.807, 2.05) is 30.3 Å². The van der Waals surface area contributed by atoms with Gasteiger partial charge in [0.1, 0.15) is 16.8 Å². The van der Waals surface area contributed by atoms with Crippen LogP contribution >= 0.6 is 23.1 Å². The largest absolute Gasteiger partial charge is 0.508 e. The Labute approximate surface area is 196 Å². The number of nitrogens with one attached hydrogen (secondary N) is 1. The van der Waals surface area contributed by atoms with Crippen molar-refractivity contribution in [3.05, 3.63) is 71.4 Å². The molecule has 0 aliphatic carbocycles. The van der Waals surface area contributed by atoms with E-state index in [-0.39, 0.29) is 5.75 Å². The van der Waals surface area contributed by atoms with Crippen LogP contribution in [0, 0.1) is 0 Å². The fourth-order valence-electron chi connectivity index (χ4n) is 3.50. The third-order valence-electron chi connectivity index (χ3n) is 4.96. The summed E-state index contributed by atoms with van der Waals surface area (Å²) in [6.07, 6.45) is 0. The van der Waals surface area contributed by atoms with E-state index >= 15 is 0 Å². The molecule has 0 saturated heterocycles. The highest BCUT2D eigenvalue weighted by Gasteiger charge is 2.36. The summed E-state index contributed by atoms with van der Waals surface area (Å²) < 4.78 is 7.34. The Morgan fingerprint density at radius 1 is 1.18 bits per heavy atom. The molecule has 0 saturated carbocycles. The van der Waals surface area contributed by atoms with Gasteiger partial charge in [-0.05, 0) is 28.1 Å². The fraction of sp³-hybridized carbons (Fsp3) is 0.143. The Morgan fingerprint density at radius 3 is 2.82 bits per heavy atom. The van der Waals surface area contributed by atoms with Crippen molar-refractivity contribution in [2.45, 2.75) is 10.4 Å². The van der Waals surface area contributed by atoms with Crippen LogP contribution in [0.5, 0.6) is 5.75 Å². The molecule has 10 nitrogen and oxygen atoms in total. The van der Waals surface area contributed by atoms with Crippen molar-refractivity contribution in [1.29, 1.82) is 0 Å². The number of fused-ring (bicyclic) bond motifs is 1. The smallest absolute Gasteiger partial charge is 0.338 e. The number of phenols is 1. The van der Waals surface area contributed by atoms with Crippen LogP contribution in [0.4, 0.5) is 5.95 Å². The first-order chi connectivity index (χ1) is 16.1. The van der Waals surface area contributed by atoms with E-state index in [0.717, 1.165) is 14.9 Å². The van der Waals surface area contributed by atoms with Crippen LogP contribution in [0.3, 0.4) is 0 Å². The Hall–Kier alpha value is -3.77. The number of esters is 1. The number of aromatic hydroxyl groups is 1. The van der Waals surface area contributed by atoms with Crippen LogP contribution in [0.25, 0.3) is 10.6 Å². The maximum Gasteiger partial charge on any atom is 0.338 e. The number of benzene rings is 2. The molecule has 1 atom stereocenters. The summed E-state index contributed by atoms with van der Waals surface area (Å²) in [6, 6.07) is 15.8. The number of ether oxygens (including phenoxy) is 1. The number of thioether (sulfide) groups is 1. The summed E-state index contributed by atoms with van der Waals surface area (Å²) in [5, 5.41) is 34.3. The molecular weight excluding hydrogens is 462 g/mol. The molecule has 2 N–H and O–H groups in total. The second-order valence-electron chi connectivity index (χ2n) is 6.98. The monoisotopic (exact) mass is 479 g/mol. The SMILES string of the molecule is COC(=O)C1=C(CSc2nnc(-c3ccccc3)s2)Nc2nnnn2C1c1cccc(O)c1. The van der Waals surface area contributed by atoms with Gasteiger partial charge in [-0.1, -0.05) is 70.7 Å². The molecule has 1 unspecified atom stereocenters. The number of aromatic nitrogens is 6. The van der Waals surface area contributed by atoms with Crippen LogP contribution in [-0.2, 0) is 9.53 Å². The van der Waals surface area contributed by atoms with Gasteiger partial charge in [-0.2, -0.15) is 4.68 Å². The number of anilines is 1. The van der Waals surface area contributed by atoms with Gasteiger partial charge in [-0.25, -0.2) is 4.79 Å². The predicted octanol–water partition coefficient (Wildman–Crippen LogP) is 3.13. The number of phenolic OH excluding ortho intramolecular Hbond substituents is 1. The average molecular weight is 480 g/mol. The minimum atomic E-state index is -0.666. The van der Waals surface area contributed by atoms with Gasteiger partial charge in [0, 0.05) is 17.0 Å². The third-order valence-corrected chi connectivity index (χ3v) is 7.09. The standard InChI is InChI=1S/C21H17N7O3S2/c1-31-19(30)16-15(11-32-21-25-23-18(33-21)12-6-3-2-4-7-12)22-20-24-26-27-28(20)17(16)13-8-5-9-14(29)10-13/h2-10,17,29H,11H2,1H3,(H,22,24,27). The quantitative estimate of drug-likeness (QED) is 0.314. The maximum atomic E-state index is 12.9. The highest BCUT2D eigenvalue weighted by atomic mass is 32.2. The number of hydrogen-bond donors (Lipinski definition) is 2. The fourth-order valence-corrected chi connectivity index (χ4v) is 5.33. The third kappa shape index (κ3) is 4.17. The minimum Gasteiger partial charge on any atom is -0.508 e. The summed E-state index contributed by atoms with van der Waals surface area (Å²) >= 11 is 2.91. The van der Waals surface area contributed by atoms with Crippen molar-refractivity contribution in [2.24, 2.45) is 0 Å². The second kappa shape index (κ2) is 9.00. The van der Waals surface area contributed by atoms with Crippen molar-refractivity contribution < 1.29 is 14.6 Å². The van der Waals surface area contributed by atoms with Crippen LogP contribution in [0.2, 0.25) is 0 Å². The van der Waals surface area contributed by atoms with Crippen molar-refractivity contribution in [3.63, 3.8) is 0 Å². The van der Waals surface area contributed by atoms with Crippen molar-refractivity contribution >= 4 is 35.0 Å². The van der Waals surface area contributed by atoms with Gasteiger partial charge in [0.2, 0.25) is 5.95 Å². The van der Waals surface area contributed by atoms with E-state index < -0.39 is 12.0 Å². The number of carbonyl (C=O) groups excluding carboxylic acids is 1. The van der Waals surface area contributed by atoms with Crippen LogP contribution in [0.15, 0.2) is 70.2 Å². The molecule has 0 radical (unpaired) electrons. The van der Waals surface area contributed by atoms with E-state index in [2.05, 4.69) is 31.0 Å². The zero-order valence-corrected chi connectivity index (χ0v) is 18.9. The zero-order chi connectivity index (χ0) is 22.8. The Kier molecular flexibility index (Phi) is 5.75. The Balaban J connectivity index is 1.49.